The van der Waals surface area contributed by atoms with Gasteiger partial charge in [-0.3, -0.25) is 4.79 Å². The van der Waals surface area contributed by atoms with Gasteiger partial charge in [-0.1, -0.05) is 88.4 Å². The van der Waals surface area contributed by atoms with Crippen molar-refractivity contribution < 1.29 is 18.8 Å². The smallest absolute Gasteiger partial charge is 0.314 e. The summed E-state index contributed by atoms with van der Waals surface area (Å²) < 4.78 is 12.2. The minimum absolute atomic E-state index is 0.112. The molecule has 0 saturated heterocycles. The average molecular weight is 469 g/mol. The van der Waals surface area contributed by atoms with Gasteiger partial charge in [0.25, 0.3) is 0 Å². The van der Waals surface area contributed by atoms with Crippen molar-refractivity contribution in [3.05, 3.63) is 65.7 Å². The summed E-state index contributed by atoms with van der Waals surface area (Å²) in [6, 6.07) is 18.7. The van der Waals surface area contributed by atoms with Crippen LogP contribution in [0.1, 0.15) is 69.9 Å². The molecule has 0 saturated carbocycles. The molecule has 2 rings (SSSR count). The van der Waals surface area contributed by atoms with Crippen LogP contribution in [-0.2, 0) is 22.5 Å². The number of unbranched alkanes of at least 4 members (excludes halogenated alkanes) is 5. The van der Waals surface area contributed by atoms with Crippen molar-refractivity contribution in [2.75, 3.05) is 33.9 Å². The zero-order valence-corrected chi connectivity index (χ0v) is 21.9. The van der Waals surface area contributed by atoms with Gasteiger partial charge in [0.1, 0.15) is 31.4 Å². The number of ether oxygens (including phenoxy) is 2. The second kappa shape index (κ2) is 15.5. The first-order valence-corrected chi connectivity index (χ1v) is 13.2. The maximum absolute atomic E-state index is 12.7. The van der Waals surface area contributed by atoms with Crippen LogP contribution < -0.4 is 4.74 Å². The van der Waals surface area contributed by atoms with E-state index in [-0.39, 0.29) is 18.5 Å². The van der Waals surface area contributed by atoms with Crippen molar-refractivity contribution in [2.45, 2.75) is 71.8 Å². The van der Waals surface area contributed by atoms with Crippen LogP contribution in [0.4, 0.5) is 0 Å². The van der Waals surface area contributed by atoms with E-state index in [1.54, 1.807) is 0 Å². The molecule has 0 spiro atoms. The predicted molar refractivity (Wildman–Crippen MR) is 141 cm³/mol. The predicted octanol–water partition coefficient (Wildman–Crippen LogP) is 6.81. The number of quaternary nitrogens is 1. The van der Waals surface area contributed by atoms with Gasteiger partial charge in [-0.15, -0.1) is 0 Å². The van der Waals surface area contributed by atoms with Crippen LogP contribution in [0.5, 0.6) is 5.75 Å². The molecule has 188 valence electrons. The minimum atomic E-state index is -0.123. The van der Waals surface area contributed by atoms with Crippen LogP contribution in [-0.4, -0.2) is 44.3 Å². The Labute approximate surface area is 207 Å². The second-order valence-corrected chi connectivity index (χ2v) is 10.0. The SMILES string of the molecule is CCCCCCCCc1cccc(OCCOC(=O)C(CC)C[N+](C)(C)Cc2ccccc2)c1. The van der Waals surface area contributed by atoms with Crippen LogP contribution in [0.25, 0.3) is 0 Å². The Morgan fingerprint density at radius 1 is 0.853 bits per heavy atom. The zero-order chi connectivity index (χ0) is 24.7. The molecule has 0 fully saturated rings. The standard InChI is InChI=1S/C30H46NO3/c1-5-7-8-9-10-12-16-26-19-15-20-29(23-26)33-21-22-34-30(32)28(6-2)25-31(3,4)24-27-17-13-11-14-18-27/h11,13-15,17-20,23,28H,5-10,12,16,21-22,24-25H2,1-4H3/q+1. The van der Waals surface area contributed by atoms with Crippen molar-refractivity contribution >= 4 is 5.97 Å². The van der Waals surface area contributed by atoms with Crippen molar-refractivity contribution in [2.24, 2.45) is 5.92 Å². The molecule has 34 heavy (non-hydrogen) atoms. The van der Waals surface area contributed by atoms with E-state index in [9.17, 15) is 4.79 Å². The lowest BCUT2D eigenvalue weighted by Gasteiger charge is -2.32. The van der Waals surface area contributed by atoms with Crippen LogP contribution in [0.2, 0.25) is 0 Å². The van der Waals surface area contributed by atoms with Crippen molar-refractivity contribution in [3.63, 3.8) is 0 Å². The number of esters is 1. The number of benzene rings is 2. The first kappa shape index (κ1) is 27.9. The number of hydrogen-bond acceptors (Lipinski definition) is 3. The van der Waals surface area contributed by atoms with Gasteiger partial charge >= 0.3 is 5.97 Å². The normalized spacial score (nSPS) is 12.4. The maximum Gasteiger partial charge on any atom is 0.314 e. The lowest BCUT2D eigenvalue weighted by molar-refractivity contribution is -0.906. The number of hydrogen-bond donors (Lipinski definition) is 0. The van der Waals surface area contributed by atoms with Crippen LogP contribution >= 0.6 is 0 Å². The number of carbonyl (C=O) groups is 1. The summed E-state index contributed by atoms with van der Waals surface area (Å²) in [5, 5.41) is 0. The molecule has 0 bridgehead atoms. The Hall–Kier alpha value is -2.33. The van der Waals surface area contributed by atoms with E-state index in [2.05, 4.69) is 64.3 Å². The Morgan fingerprint density at radius 3 is 2.29 bits per heavy atom. The highest BCUT2D eigenvalue weighted by atomic mass is 16.6. The van der Waals surface area contributed by atoms with E-state index in [1.165, 1.54) is 49.7 Å². The molecular formula is C30H46NO3+. The number of nitrogens with zero attached hydrogens (tertiary/aromatic N) is 1. The number of carbonyl (C=O) groups excluding carboxylic acids is 1. The molecule has 2 aromatic carbocycles. The third-order valence-corrected chi connectivity index (χ3v) is 6.31. The van der Waals surface area contributed by atoms with Crippen LogP contribution in [0.15, 0.2) is 54.6 Å². The lowest BCUT2D eigenvalue weighted by Crippen LogP contribution is -2.44. The Morgan fingerprint density at radius 2 is 1.56 bits per heavy atom. The van der Waals surface area contributed by atoms with Crippen LogP contribution in [0.3, 0.4) is 0 Å². The number of aryl methyl sites for hydroxylation is 1. The summed E-state index contributed by atoms with van der Waals surface area (Å²) in [4.78, 5) is 12.7. The summed E-state index contributed by atoms with van der Waals surface area (Å²) in [6.07, 6.45) is 9.70. The lowest BCUT2D eigenvalue weighted by atomic mass is 10.0. The first-order valence-electron chi connectivity index (χ1n) is 13.2. The average Bonchev–Trinajstić information content (AvgIpc) is 2.83. The van der Waals surface area contributed by atoms with Gasteiger partial charge in [-0.2, -0.15) is 0 Å². The summed E-state index contributed by atoms with van der Waals surface area (Å²) in [7, 11) is 4.34. The van der Waals surface area contributed by atoms with Crippen molar-refractivity contribution in [1.29, 1.82) is 0 Å². The third kappa shape index (κ3) is 11.2. The summed E-state index contributed by atoms with van der Waals surface area (Å²) in [5.41, 5.74) is 2.59. The van der Waals surface area contributed by atoms with E-state index in [0.717, 1.165) is 36.2 Å². The topological polar surface area (TPSA) is 35.5 Å². The summed E-state index contributed by atoms with van der Waals surface area (Å²) in [6.45, 7) is 6.62. The molecule has 0 aliphatic heterocycles. The molecule has 0 N–H and O–H groups in total. The van der Waals surface area contributed by atoms with Gasteiger partial charge in [0, 0.05) is 5.56 Å². The van der Waals surface area contributed by atoms with Crippen molar-refractivity contribution in [3.8, 4) is 5.75 Å². The highest BCUT2D eigenvalue weighted by molar-refractivity contribution is 5.72. The quantitative estimate of drug-likeness (QED) is 0.145. The summed E-state index contributed by atoms with van der Waals surface area (Å²) >= 11 is 0. The maximum atomic E-state index is 12.7. The van der Waals surface area contributed by atoms with Gasteiger partial charge in [0.2, 0.25) is 0 Å². The zero-order valence-electron chi connectivity index (χ0n) is 21.9. The van der Waals surface area contributed by atoms with Crippen LogP contribution in [0, 0.1) is 5.92 Å². The highest BCUT2D eigenvalue weighted by Gasteiger charge is 2.28. The molecule has 0 heterocycles. The van der Waals surface area contributed by atoms with Crippen molar-refractivity contribution in [1.82, 2.24) is 0 Å². The fourth-order valence-electron chi connectivity index (χ4n) is 4.43. The molecule has 0 amide bonds. The fourth-order valence-corrected chi connectivity index (χ4v) is 4.43. The molecule has 4 heteroatoms. The molecule has 0 aliphatic rings. The van der Waals surface area contributed by atoms with E-state index < -0.39 is 0 Å². The second-order valence-electron chi connectivity index (χ2n) is 10.0. The largest absolute Gasteiger partial charge is 0.490 e. The Balaban J connectivity index is 1.70. The van der Waals surface area contributed by atoms with E-state index in [1.807, 2.05) is 18.2 Å². The molecule has 0 aliphatic carbocycles. The highest BCUT2D eigenvalue weighted by Crippen LogP contribution is 2.18. The molecule has 1 unspecified atom stereocenters. The van der Waals surface area contributed by atoms with Gasteiger partial charge in [-0.25, -0.2) is 0 Å². The van der Waals surface area contributed by atoms with E-state index in [0.29, 0.717) is 6.61 Å². The molecular weight excluding hydrogens is 422 g/mol. The Kier molecular flexibility index (Phi) is 12.8. The van der Waals surface area contributed by atoms with E-state index >= 15 is 0 Å². The molecule has 0 aromatic heterocycles. The van der Waals surface area contributed by atoms with Gasteiger partial charge in [-0.05, 0) is 37.0 Å². The van der Waals surface area contributed by atoms with Gasteiger partial charge < -0.3 is 14.0 Å². The fraction of sp³-hybridized carbons (Fsp3) is 0.567. The third-order valence-electron chi connectivity index (χ3n) is 6.31. The van der Waals surface area contributed by atoms with Gasteiger partial charge in [0.15, 0.2) is 0 Å². The van der Waals surface area contributed by atoms with E-state index in [4.69, 9.17) is 9.47 Å². The summed E-state index contributed by atoms with van der Waals surface area (Å²) in [5.74, 6) is 0.619. The molecule has 4 nitrogen and oxygen atoms in total. The molecule has 2 aromatic rings. The van der Waals surface area contributed by atoms with Gasteiger partial charge in [0.05, 0.1) is 20.6 Å². The first-order chi connectivity index (χ1) is 16.4. The monoisotopic (exact) mass is 468 g/mol. The Bertz CT molecular complexity index is 819. The molecule has 0 radical (unpaired) electrons. The number of rotatable bonds is 17. The molecule has 1 atom stereocenters. The minimum Gasteiger partial charge on any atom is -0.490 e.